The molecule has 4 heteroatoms. The van der Waals surface area contributed by atoms with E-state index in [4.69, 9.17) is 17.0 Å². The maximum atomic E-state index is 11.4. The summed E-state index contributed by atoms with van der Waals surface area (Å²) in [4.78, 5) is 12.3. The summed E-state index contributed by atoms with van der Waals surface area (Å²) in [5.41, 5.74) is 0.826. The number of thioether (sulfide) groups is 1. The van der Waals surface area contributed by atoms with Crippen molar-refractivity contribution in [3.05, 3.63) is 42.0 Å². The van der Waals surface area contributed by atoms with Crippen LogP contribution in [0.4, 0.5) is 0 Å². The van der Waals surface area contributed by atoms with Crippen molar-refractivity contribution in [2.75, 3.05) is 6.61 Å². The molecule has 0 aliphatic rings. The van der Waals surface area contributed by atoms with Crippen molar-refractivity contribution in [1.29, 1.82) is 0 Å². The zero-order valence-corrected chi connectivity index (χ0v) is 13.1. The second kappa shape index (κ2) is 6.86. The standard InChI is InChI=1S/C16H16O2S2/c1-3-8-18-16(19)14-9-12-6-4-5-7-13(12)10-15(14)20-11(2)17/h4-7,9-10H,3,8H2,1-2H3. The molecule has 0 bridgehead atoms. The molecule has 0 amide bonds. The molecule has 2 aromatic rings. The van der Waals surface area contributed by atoms with Crippen LogP contribution in [0.25, 0.3) is 10.8 Å². The number of thiocarbonyl (C=S) groups is 1. The van der Waals surface area contributed by atoms with Crippen molar-refractivity contribution < 1.29 is 9.53 Å². The fourth-order valence-electron chi connectivity index (χ4n) is 1.89. The molecule has 2 aromatic carbocycles. The zero-order valence-electron chi connectivity index (χ0n) is 11.5. The van der Waals surface area contributed by atoms with Crippen molar-refractivity contribution in [3.8, 4) is 0 Å². The average molecular weight is 304 g/mol. The molecule has 0 saturated carbocycles. The summed E-state index contributed by atoms with van der Waals surface area (Å²) in [5, 5.41) is 2.69. The number of fused-ring (bicyclic) bond motifs is 1. The Balaban J connectivity index is 2.47. The first-order valence-corrected chi connectivity index (χ1v) is 7.72. The molecule has 0 heterocycles. The second-order valence-corrected chi connectivity index (χ2v) is 6.01. The van der Waals surface area contributed by atoms with Crippen molar-refractivity contribution in [3.63, 3.8) is 0 Å². The smallest absolute Gasteiger partial charge is 0.192 e. The molecule has 0 aliphatic carbocycles. The summed E-state index contributed by atoms with van der Waals surface area (Å²) in [5.74, 6) is 0. The summed E-state index contributed by atoms with van der Waals surface area (Å²) in [7, 11) is 0. The number of hydrogen-bond donors (Lipinski definition) is 0. The Labute approximate surface area is 128 Å². The molecule has 0 atom stereocenters. The van der Waals surface area contributed by atoms with Gasteiger partial charge in [0.2, 0.25) is 0 Å². The van der Waals surface area contributed by atoms with Crippen LogP contribution < -0.4 is 0 Å². The van der Waals surface area contributed by atoms with Crippen molar-refractivity contribution in [1.82, 2.24) is 0 Å². The Hall–Kier alpha value is -1.39. The number of carbonyl (C=O) groups is 1. The third kappa shape index (κ3) is 3.58. The lowest BCUT2D eigenvalue weighted by molar-refractivity contribution is -0.109. The highest BCUT2D eigenvalue weighted by Crippen LogP contribution is 2.29. The number of benzene rings is 2. The van der Waals surface area contributed by atoms with Crippen LogP contribution in [-0.4, -0.2) is 16.8 Å². The SMILES string of the molecule is CCCOC(=S)c1cc2ccccc2cc1SC(C)=O. The minimum Gasteiger partial charge on any atom is -0.483 e. The molecule has 0 N–H and O–H groups in total. The maximum absolute atomic E-state index is 11.4. The number of ether oxygens (including phenoxy) is 1. The molecule has 0 aromatic heterocycles. The van der Waals surface area contributed by atoms with Gasteiger partial charge >= 0.3 is 0 Å². The van der Waals surface area contributed by atoms with Gasteiger partial charge in [-0.25, -0.2) is 0 Å². The predicted octanol–water partition coefficient (Wildman–Crippen LogP) is 4.58. The Morgan fingerprint density at radius 1 is 1.25 bits per heavy atom. The van der Waals surface area contributed by atoms with Crippen molar-refractivity contribution >= 4 is 44.9 Å². The van der Waals surface area contributed by atoms with Gasteiger partial charge in [0, 0.05) is 17.4 Å². The fraction of sp³-hybridized carbons (Fsp3) is 0.250. The van der Waals surface area contributed by atoms with E-state index in [0.717, 1.165) is 27.7 Å². The zero-order chi connectivity index (χ0) is 14.5. The Morgan fingerprint density at radius 2 is 1.90 bits per heavy atom. The molecule has 0 fully saturated rings. The Kier molecular flexibility index (Phi) is 5.15. The lowest BCUT2D eigenvalue weighted by Gasteiger charge is -2.12. The van der Waals surface area contributed by atoms with Crippen LogP contribution >= 0.6 is 24.0 Å². The van der Waals surface area contributed by atoms with E-state index in [1.165, 1.54) is 11.8 Å². The van der Waals surface area contributed by atoms with E-state index in [0.29, 0.717) is 11.7 Å². The van der Waals surface area contributed by atoms with E-state index in [9.17, 15) is 4.79 Å². The normalized spacial score (nSPS) is 10.5. The van der Waals surface area contributed by atoms with Crippen LogP contribution in [0, 0.1) is 0 Å². The summed E-state index contributed by atoms with van der Waals surface area (Å²) in [6.45, 7) is 4.18. The highest BCUT2D eigenvalue weighted by atomic mass is 32.2. The summed E-state index contributed by atoms with van der Waals surface area (Å²) in [6, 6.07) is 12.0. The minimum absolute atomic E-state index is 0.0415. The van der Waals surface area contributed by atoms with E-state index in [-0.39, 0.29) is 5.12 Å². The monoisotopic (exact) mass is 304 g/mol. The van der Waals surface area contributed by atoms with Gasteiger partial charge in [-0.1, -0.05) is 43.0 Å². The van der Waals surface area contributed by atoms with E-state index in [1.54, 1.807) is 6.92 Å². The van der Waals surface area contributed by atoms with Gasteiger partial charge in [-0.05, 0) is 41.5 Å². The van der Waals surface area contributed by atoms with Crippen molar-refractivity contribution in [2.45, 2.75) is 25.2 Å². The van der Waals surface area contributed by atoms with Crippen LogP contribution in [-0.2, 0) is 9.53 Å². The Bertz CT molecular complexity index is 650. The first-order valence-electron chi connectivity index (χ1n) is 6.50. The predicted molar refractivity (Wildman–Crippen MR) is 88.4 cm³/mol. The lowest BCUT2D eigenvalue weighted by atomic mass is 10.1. The third-order valence-corrected chi connectivity index (χ3v) is 3.94. The van der Waals surface area contributed by atoms with Gasteiger partial charge in [-0.15, -0.1) is 0 Å². The average Bonchev–Trinajstić information content (AvgIpc) is 2.43. The van der Waals surface area contributed by atoms with Crippen molar-refractivity contribution in [2.24, 2.45) is 0 Å². The molecule has 0 aliphatic heterocycles. The third-order valence-electron chi connectivity index (χ3n) is 2.76. The highest BCUT2D eigenvalue weighted by Gasteiger charge is 2.13. The highest BCUT2D eigenvalue weighted by molar-refractivity contribution is 8.13. The first-order chi connectivity index (χ1) is 9.61. The molecule has 0 radical (unpaired) electrons. The van der Waals surface area contributed by atoms with Gasteiger partial charge in [0.05, 0.1) is 6.61 Å². The van der Waals surface area contributed by atoms with E-state index < -0.39 is 0 Å². The molecular formula is C16H16O2S2. The van der Waals surface area contributed by atoms with Gasteiger partial charge in [0.15, 0.2) is 10.2 Å². The second-order valence-electron chi connectivity index (χ2n) is 4.43. The summed E-state index contributed by atoms with van der Waals surface area (Å²) in [6.07, 6.45) is 0.906. The molecule has 104 valence electrons. The number of rotatable bonds is 4. The maximum Gasteiger partial charge on any atom is 0.192 e. The fourth-order valence-corrected chi connectivity index (χ4v) is 2.96. The van der Waals surface area contributed by atoms with Crippen LogP contribution in [0.2, 0.25) is 0 Å². The molecule has 0 spiro atoms. The molecule has 0 unspecified atom stereocenters. The molecule has 0 saturated heterocycles. The first kappa shape index (κ1) is 15.0. The van der Waals surface area contributed by atoms with E-state index >= 15 is 0 Å². The Morgan fingerprint density at radius 3 is 2.50 bits per heavy atom. The molecule has 2 rings (SSSR count). The van der Waals surface area contributed by atoms with Gasteiger partial charge < -0.3 is 4.74 Å². The van der Waals surface area contributed by atoms with E-state index in [2.05, 4.69) is 0 Å². The number of hydrogen-bond acceptors (Lipinski definition) is 4. The lowest BCUT2D eigenvalue weighted by Crippen LogP contribution is -2.06. The quantitative estimate of drug-likeness (QED) is 0.610. The molecule has 2 nitrogen and oxygen atoms in total. The topological polar surface area (TPSA) is 26.3 Å². The van der Waals surface area contributed by atoms with Crippen LogP contribution in [0.1, 0.15) is 25.8 Å². The summed E-state index contributed by atoms with van der Waals surface area (Å²) >= 11 is 6.54. The van der Waals surface area contributed by atoms with Crippen LogP contribution in [0.15, 0.2) is 41.3 Å². The van der Waals surface area contributed by atoms with Crippen LogP contribution in [0.3, 0.4) is 0 Å². The van der Waals surface area contributed by atoms with Gasteiger partial charge in [0.25, 0.3) is 0 Å². The number of carbonyl (C=O) groups excluding carboxylic acids is 1. The molecule has 20 heavy (non-hydrogen) atoms. The van der Waals surface area contributed by atoms with Gasteiger partial charge in [0.1, 0.15) is 0 Å². The largest absolute Gasteiger partial charge is 0.483 e. The molecular weight excluding hydrogens is 288 g/mol. The summed E-state index contributed by atoms with van der Waals surface area (Å²) < 4.78 is 5.56. The van der Waals surface area contributed by atoms with E-state index in [1.807, 2.05) is 43.3 Å². The van der Waals surface area contributed by atoms with Crippen LogP contribution in [0.5, 0.6) is 0 Å². The van der Waals surface area contributed by atoms with Gasteiger partial charge in [-0.2, -0.15) is 0 Å². The minimum atomic E-state index is 0.0415. The van der Waals surface area contributed by atoms with Gasteiger partial charge in [-0.3, -0.25) is 4.79 Å².